The average Bonchev–Trinajstić information content (AvgIpc) is 3.25. The minimum atomic E-state index is -0.530. The van der Waals surface area contributed by atoms with Crippen LogP contribution in [0.2, 0.25) is 5.02 Å². The Bertz CT molecular complexity index is 718. The Kier molecular flexibility index (Phi) is 4.21. The predicted octanol–water partition coefficient (Wildman–Crippen LogP) is 2.39. The quantitative estimate of drug-likeness (QED) is 0.644. The lowest BCUT2D eigenvalue weighted by molar-refractivity contribution is -0.113. The molecule has 1 aromatic carbocycles. The molecule has 6 nitrogen and oxygen atoms in total. The highest BCUT2D eigenvalue weighted by Crippen LogP contribution is 2.39. The van der Waals surface area contributed by atoms with E-state index < -0.39 is 5.82 Å². The molecule has 9 heteroatoms. The van der Waals surface area contributed by atoms with Gasteiger partial charge in [0.25, 0.3) is 0 Å². The molecule has 116 valence electrons. The lowest BCUT2D eigenvalue weighted by atomic mass is 10.3. The molecule has 0 saturated heterocycles. The number of rotatable bonds is 5. The lowest BCUT2D eigenvalue weighted by Crippen LogP contribution is -2.17. The Morgan fingerprint density at radius 2 is 2.27 bits per heavy atom. The fourth-order valence-corrected chi connectivity index (χ4v) is 2.75. The van der Waals surface area contributed by atoms with Crippen LogP contribution in [-0.2, 0) is 4.79 Å². The number of nitrogens with one attached hydrogen (secondary N) is 1. The van der Waals surface area contributed by atoms with Gasteiger partial charge in [-0.05, 0) is 31.0 Å². The Hall–Kier alpha value is -1.80. The summed E-state index contributed by atoms with van der Waals surface area (Å²) < 4.78 is 14.5. The number of nitrogens with zero attached hydrogens (tertiary/aromatic N) is 3. The zero-order valence-electron chi connectivity index (χ0n) is 11.4. The minimum absolute atomic E-state index is 0.0405. The van der Waals surface area contributed by atoms with Gasteiger partial charge in [0, 0.05) is 11.6 Å². The van der Waals surface area contributed by atoms with Crippen molar-refractivity contribution in [1.29, 1.82) is 0 Å². The number of hydrogen-bond donors (Lipinski definition) is 2. The zero-order valence-corrected chi connectivity index (χ0v) is 13.0. The molecule has 0 radical (unpaired) electrons. The van der Waals surface area contributed by atoms with Gasteiger partial charge in [-0.2, -0.15) is 0 Å². The second-order valence-electron chi connectivity index (χ2n) is 4.95. The van der Waals surface area contributed by atoms with Crippen molar-refractivity contribution < 1.29 is 9.18 Å². The zero-order chi connectivity index (χ0) is 15.7. The number of hydrogen-bond acceptors (Lipinski definition) is 5. The first-order valence-corrected chi connectivity index (χ1v) is 7.99. The van der Waals surface area contributed by atoms with Crippen LogP contribution < -0.4 is 11.2 Å². The minimum Gasteiger partial charge on any atom is -0.336 e. The third-order valence-corrected chi connectivity index (χ3v) is 4.40. The van der Waals surface area contributed by atoms with E-state index >= 15 is 0 Å². The molecular weight excluding hydrogens is 329 g/mol. The van der Waals surface area contributed by atoms with Crippen molar-refractivity contribution in [3.8, 4) is 0 Å². The Morgan fingerprint density at radius 1 is 1.50 bits per heavy atom. The number of amides is 1. The molecule has 3 N–H and O–H groups in total. The van der Waals surface area contributed by atoms with Gasteiger partial charge >= 0.3 is 0 Å². The monoisotopic (exact) mass is 341 g/mol. The number of carbonyl (C=O) groups is 1. The van der Waals surface area contributed by atoms with E-state index in [-0.39, 0.29) is 16.7 Å². The van der Waals surface area contributed by atoms with Crippen molar-refractivity contribution in [3.63, 3.8) is 0 Å². The second-order valence-corrected chi connectivity index (χ2v) is 6.30. The van der Waals surface area contributed by atoms with Gasteiger partial charge in [-0.3, -0.25) is 4.79 Å². The summed E-state index contributed by atoms with van der Waals surface area (Å²) in [5.41, 5.74) is 0.435. The van der Waals surface area contributed by atoms with Crippen LogP contribution in [0.25, 0.3) is 0 Å². The van der Waals surface area contributed by atoms with E-state index in [1.54, 1.807) is 0 Å². The number of halogens is 2. The molecule has 0 atom stereocenters. The molecule has 1 aliphatic rings. The lowest BCUT2D eigenvalue weighted by Gasteiger charge is -2.06. The smallest absolute Gasteiger partial charge is 0.234 e. The van der Waals surface area contributed by atoms with Gasteiger partial charge in [0.05, 0.1) is 10.8 Å². The van der Waals surface area contributed by atoms with E-state index in [0.717, 1.165) is 18.7 Å². The van der Waals surface area contributed by atoms with E-state index in [4.69, 9.17) is 17.4 Å². The van der Waals surface area contributed by atoms with E-state index in [0.29, 0.717) is 16.8 Å². The Labute approximate surface area is 135 Å². The molecule has 1 saturated carbocycles. The molecule has 3 rings (SSSR count). The molecule has 0 bridgehead atoms. The number of nitrogen functional groups attached to an aromatic ring is 1. The van der Waals surface area contributed by atoms with E-state index in [2.05, 4.69) is 15.5 Å². The highest BCUT2D eigenvalue weighted by Gasteiger charge is 2.30. The topological polar surface area (TPSA) is 85.8 Å². The van der Waals surface area contributed by atoms with E-state index in [1.165, 1.54) is 34.6 Å². The van der Waals surface area contributed by atoms with Gasteiger partial charge in [0.1, 0.15) is 5.82 Å². The molecule has 1 fully saturated rings. The summed E-state index contributed by atoms with van der Waals surface area (Å²) in [6.45, 7) is 0. The number of anilines is 1. The number of benzene rings is 1. The third-order valence-electron chi connectivity index (χ3n) is 3.17. The SMILES string of the molecule is Nn1c(SCC(=O)Nc2ccc(F)c(Cl)c2)nnc1C1CC1. The molecule has 22 heavy (non-hydrogen) atoms. The van der Waals surface area contributed by atoms with Crippen molar-refractivity contribution in [2.75, 3.05) is 16.9 Å². The molecular formula is C13H13ClFN5OS. The summed E-state index contributed by atoms with van der Waals surface area (Å²) >= 11 is 6.85. The molecule has 1 heterocycles. The van der Waals surface area contributed by atoms with Crippen molar-refractivity contribution in [3.05, 3.63) is 34.9 Å². The highest BCUT2D eigenvalue weighted by molar-refractivity contribution is 7.99. The van der Waals surface area contributed by atoms with Crippen LogP contribution in [0.15, 0.2) is 23.4 Å². The predicted molar refractivity (Wildman–Crippen MR) is 82.9 cm³/mol. The number of nitrogens with two attached hydrogens (primary N) is 1. The van der Waals surface area contributed by atoms with Gasteiger partial charge in [0.2, 0.25) is 11.1 Å². The molecule has 0 unspecified atom stereocenters. The van der Waals surface area contributed by atoms with Crippen molar-refractivity contribution >= 4 is 35.0 Å². The highest BCUT2D eigenvalue weighted by atomic mass is 35.5. The van der Waals surface area contributed by atoms with Crippen LogP contribution in [0.4, 0.5) is 10.1 Å². The van der Waals surface area contributed by atoms with Gasteiger partial charge < -0.3 is 11.2 Å². The van der Waals surface area contributed by atoms with Crippen LogP contribution in [0, 0.1) is 5.82 Å². The van der Waals surface area contributed by atoms with Crippen molar-refractivity contribution in [2.24, 2.45) is 0 Å². The van der Waals surface area contributed by atoms with Gasteiger partial charge in [0.15, 0.2) is 5.82 Å². The summed E-state index contributed by atoms with van der Waals surface area (Å²) in [4.78, 5) is 11.9. The van der Waals surface area contributed by atoms with Crippen LogP contribution in [0.1, 0.15) is 24.6 Å². The Balaban J connectivity index is 1.56. The maximum absolute atomic E-state index is 13.0. The van der Waals surface area contributed by atoms with Gasteiger partial charge in [-0.1, -0.05) is 23.4 Å². The van der Waals surface area contributed by atoms with Crippen LogP contribution >= 0.6 is 23.4 Å². The second kappa shape index (κ2) is 6.13. The first-order chi connectivity index (χ1) is 10.5. The molecule has 1 amide bonds. The van der Waals surface area contributed by atoms with Crippen molar-refractivity contribution in [2.45, 2.75) is 23.9 Å². The summed E-state index contributed by atoms with van der Waals surface area (Å²) in [6.07, 6.45) is 2.15. The molecule has 1 aliphatic carbocycles. The van der Waals surface area contributed by atoms with Gasteiger partial charge in [-0.25, -0.2) is 9.07 Å². The normalized spacial score (nSPS) is 14.1. The van der Waals surface area contributed by atoms with Crippen LogP contribution in [0.5, 0.6) is 0 Å². The van der Waals surface area contributed by atoms with Crippen molar-refractivity contribution in [1.82, 2.24) is 14.9 Å². The number of aromatic nitrogens is 3. The third kappa shape index (κ3) is 3.33. The standard InChI is InChI=1S/C13H13ClFN5OS/c14-9-5-8(3-4-10(9)15)17-11(21)6-22-13-19-18-12(20(13)16)7-1-2-7/h3-5,7H,1-2,6,16H2,(H,17,21). The number of carbonyl (C=O) groups excluding carboxylic acids is 1. The first kappa shape index (κ1) is 15.1. The summed E-state index contributed by atoms with van der Waals surface area (Å²) in [5.74, 6) is 6.38. The van der Waals surface area contributed by atoms with E-state index in [1.807, 2.05) is 0 Å². The fraction of sp³-hybridized carbons (Fsp3) is 0.308. The maximum atomic E-state index is 13.0. The van der Waals surface area contributed by atoms with Crippen LogP contribution in [-0.4, -0.2) is 26.5 Å². The van der Waals surface area contributed by atoms with Gasteiger partial charge in [-0.15, -0.1) is 10.2 Å². The molecule has 0 aliphatic heterocycles. The summed E-state index contributed by atoms with van der Waals surface area (Å²) in [7, 11) is 0. The fourth-order valence-electron chi connectivity index (χ4n) is 1.91. The largest absolute Gasteiger partial charge is 0.336 e. The van der Waals surface area contributed by atoms with E-state index in [9.17, 15) is 9.18 Å². The Morgan fingerprint density at radius 3 is 2.95 bits per heavy atom. The first-order valence-electron chi connectivity index (χ1n) is 6.62. The molecule has 0 spiro atoms. The number of thioether (sulfide) groups is 1. The molecule has 1 aromatic heterocycles. The average molecular weight is 342 g/mol. The maximum Gasteiger partial charge on any atom is 0.234 e. The summed E-state index contributed by atoms with van der Waals surface area (Å²) in [5, 5.41) is 11.1. The molecule has 2 aromatic rings. The summed E-state index contributed by atoms with van der Waals surface area (Å²) in [6, 6.07) is 4.00. The van der Waals surface area contributed by atoms with Crippen LogP contribution in [0.3, 0.4) is 0 Å².